The van der Waals surface area contributed by atoms with Gasteiger partial charge in [-0.3, -0.25) is 0 Å². The summed E-state index contributed by atoms with van der Waals surface area (Å²) in [4.78, 5) is 0. The second kappa shape index (κ2) is 7.97. The maximum atomic E-state index is 10.2. The predicted molar refractivity (Wildman–Crippen MR) is 107 cm³/mol. The van der Waals surface area contributed by atoms with Crippen LogP contribution in [0.3, 0.4) is 0 Å². The van der Waals surface area contributed by atoms with Crippen molar-refractivity contribution >= 4 is 15.9 Å². The first-order valence-electron chi connectivity index (χ1n) is 9.35. The lowest BCUT2D eigenvalue weighted by atomic mass is 9.87. The molecule has 1 N–H and O–H groups in total. The fourth-order valence-corrected chi connectivity index (χ4v) is 4.93. The van der Waals surface area contributed by atoms with E-state index in [2.05, 4.69) is 27.3 Å². The summed E-state index contributed by atoms with van der Waals surface area (Å²) < 4.78 is 0.755. The number of nitriles is 5. The molecule has 2 aliphatic carbocycles. The Hall–Kier alpha value is -3.31. The molecular formula is C22H17BrN6. The molecule has 0 saturated heterocycles. The van der Waals surface area contributed by atoms with E-state index in [1.807, 2.05) is 30.3 Å². The number of nitrogens with one attached hydrogen (secondary N) is 1. The van der Waals surface area contributed by atoms with E-state index in [4.69, 9.17) is 0 Å². The lowest BCUT2D eigenvalue weighted by Gasteiger charge is -2.28. The second-order valence-electron chi connectivity index (χ2n) is 7.39. The fraction of sp³-hybridized carbons (Fsp3) is 0.409. The van der Waals surface area contributed by atoms with Crippen molar-refractivity contribution in [3.63, 3.8) is 0 Å². The van der Waals surface area contributed by atoms with Gasteiger partial charge in [0.05, 0.1) is 23.9 Å². The lowest BCUT2D eigenvalue weighted by molar-refractivity contribution is 0.380. The largest absolute Gasteiger partial charge is 0.383 e. The summed E-state index contributed by atoms with van der Waals surface area (Å²) in [5.41, 5.74) is -2.77. The summed E-state index contributed by atoms with van der Waals surface area (Å²) in [7, 11) is 0. The summed E-state index contributed by atoms with van der Waals surface area (Å²) in [5, 5.41) is 52.5. The van der Waals surface area contributed by atoms with Crippen molar-refractivity contribution in [3.05, 3.63) is 45.6 Å². The van der Waals surface area contributed by atoms with Gasteiger partial charge < -0.3 is 5.32 Å². The zero-order chi connectivity index (χ0) is 21.1. The molecule has 2 aliphatic rings. The molecule has 0 spiro atoms. The van der Waals surface area contributed by atoms with Crippen molar-refractivity contribution < 1.29 is 0 Å². The van der Waals surface area contributed by atoms with E-state index in [9.17, 15) is 26.3 Å². The van der Waals surface area contributed by atoms with Crippen molar-refractivity contribution in [3.8, 4) is 30.3 Å². The summed E-state index contributed by atoms with van der Waals surface area (Å²) in [5.74, 6) is -0.768. The molecular weight excluding hydrogens is 428 g/mol. The van der Waals surface area contributed by atoms with Crippen molar-refractivity contribution in [2.45, 2.75) is 44.1 Å². The smallest absolute Gasteiger partial charge is 0.177 e. The zero-order valence-corrected chi connectivity index (χ0v) is 17.2. The molecule has 3 rings (SSSR count). The first-order chi connectivity index (χ1) is 14.0. The molecule has 0 aromatic heterocycles. The predicted octanol–water partition coefficient (Wildman–Crippen LogP) is 4.31. The highest BCUT2D eigenvalue weighted by molar-refractivity contribution is 9.10. The van der Waals surface area contributed by atoms with Crippen molar-refractivity contribution in [1.82, 2.24) is 5.32 Å². The average molecular weight is 445 g/mol. The molecule has 0 bridgehead atoms. The molecule has 2 atom stereocenters. The van der Waals surface area contributed by atoms with Crippen molar-refractivity contribution in [2.75, 3.05) is 0 Å². The number of halogens is 1. The normalized spacial score (nSPS) is 24.5. The Bertz CT molecular complexity index is 1030. The standard InChI is InChI=1S/C22H17BrN6/c23-17-6-4-5-15(9-17)19-21(12-26,13-27)22(19,14-28)20(16(10-24)11-25)29-18-7-2-1-3-8-18/h4-6,9,18-19,29H,1-3,7-8H2/t19-,22-/m0/s1. The van der Waals surface area contributed by atoms with Gasteiger partial charge in [0.2, 0.25) is 0 Å². The number of hydrogen-bond acceptors (Lipinski definition) is 6. The lowest BCUT2D eigenvalue weighted by Crippen LogP contribution is -2.36. The molecule has 0 radical (unpaired) electrons. The number of allylic oxidation sites excluding steroid dienone is 2. The highest BCUT2D eigenvalue weighted by atomic mass is 79.9. The van der Waals surface area contributed by atoms with Crippen LogP contribution in [0.5, 0.6) is 0 Å². The molecule has 142 valence electrons. The van der Waals surface area contributed by atoms with E-state index in [1.54, 1.807) is 18.2 Å². The van der Waals surface area contributed by atoms with Gasteiger partial charge >= 0.3 is 0 Å². The van der Waals surface area contributed by atoms with Gasteiger partial charge in [-0.15, -0.1) is 0 Å². The Labute approximate surface area is 178 Å². The highest BCUT2D eigenvalue weighted by Crippen LogP contribution is 2.76. The summed E-state index contributed by atoms with van der Waals surface area (Å²) in [6, 6.07) is 17.1. The summed E-state index contributed by atoms with van der Waals surface area (Å²) in [6.07, 6.45) is 4.84. The second-order valence-corrected chi connectivity index (χ2v) is 8.31. The SMILES string of the molecule is N#CC(C#N)=C(NC1CCCCC1)[C@]1(C#N)[C@@H](c2cccc(Br)c2)C1(C#N)C#N. The first kappa shape index (κ1) is 20.4. The van der Waals surface area contributed by atoms with Crippen LogP contribution in [0.2, 0.25) is 0 Å². The van der Waals surface area contributed by atoms with Crippen LogP contribution in [0.1, 0.15) is 43.6 Å². The highest BCUT2D eigenvalue weighted by Gasteiger charge is 2.83. The van der Waals surface area contributed by atoms with Gasteiger partial charge in [-0.05, 0) is 30.5 Å². The minimum atomic E-state index is -1.68. The number of rotatable bonds is 4. The third-order valence-electron chi connectivity index (χ3n) is 5.94. The number of nitrogens with zero attached hydrogens (tertiary/aromatic N) is 5. The summed E-state index contributed by atoms with van der Waals surface area (Å²) >= 11 is 3.39. The van der Waals surface area contributed by atoms with E-state index in [1.165, 1.54) is 0 Å². The molecule has 0 amide bonds. The fourth-order valence-electron chi connectivity index (χ4n) is 4.51. The van der Waals surface area contributed by atoms with Crippen LogP contribution in [-0.4, -0.2) is 6.04 Å². The van der Waals surface area contributed by atoms with Crippen LogP contribution < -0.4 is 5.32 Å². The Morgan fingerprint density at radius 3 is 2.14 bits per heavy atom. The van der Waals surface area contributed by atoms with Crippen LogP contribution in [-0.2, 0) is 0 Å². The maximum Gasteiger partial charge on any atom is 0.177 e. The van der Waals surface area contributed by atoms with Crippen LogP contribution in [0.4, 0.5) is 0 Å². The molecule has 7 heteroatoms. The third-order valence-corrected chi connectivity index (χ3v) is 6.43. The van der Waals surface area contributed by atoms with E-state index in [0.29, 0.717) is 5.56 Å². The number of hydrogen-bond donors (Lipinski definition) is 1. The van der Waals surface area contributed by atoms with Crippen molar-refractivity contribution in [2.24, 2.45) is 10.8 Å². The van der Waals surface area contributed by atoms with E-state index < -0.39 is 16.7 Å². The van der Waals surface area contributed by atoms with Gasteiger partial charge in [0.25, 0.3) is 0 Å². The van der Waals surface area contributed by atoms with Crippen molar-refractivity contribution in [1.29, 1.82) is 26.3 Å². The van der Waals surface area contributed by atoms with E-state index in [-0.39, 0.29) is 17.3 Å². The average Bonchev–Trinajstić information content (AvgIpc) is 3.38. The zero-order valence-electron chi connectivity index (χ0n) is 15.6. The molecule has 1 aromatic carbocycles. The molecule has 29 heavy (non-hydrogen) atoms. The maximum absolute atomic E-state index is 10.2. The molecule has 0 unspecified atom stereocenters. The minimum absolute atomic E-state index is 0.000444. The van der Waals surface area contributed by atoms with Gasteiger partial charge in [0, 0.05) is 16.4 Å². The molecule has 6 nitrogen and oxygen atoms in total. The number of benzene rings is 1. The molecule has 0 heterocycles. The Morgan fingerprint density at radius 2 is 1.62 bits per heavy atom. The van der Waals surface area contributed by atoms with Crippen LogP contribution in [0.25, 0.3) is 0 Å². The van der Waals surface area contributed by atoms with Crippen LogP contribution >= 0.6 is 15.9 Å². The molecule has 2 fully saturated rings. The van der Waals surface area contributed by atoms with Crippen LogP contribution in [0, 0.1) is 67.5 Å². The molecule has 2 saturated carbocycles. The third kappa shape index (κ3) is 3.04. The first-order valence-corrected chi connectivity index (χ1v) is 10.1. The minimum Gasteiger partial charge on any atom is -0.383 e. The quantitative estimate of drug-likeness (QED) is 0.687. The molecule has 1 aromatic rings. The Balaban J connectivity index is 2.20. The van der Waals surface area contributed by atoms with Gasteiger partial charge in [-0.1, -0.05) is 47.3 Å². The van der Waals surface area contributed by atoms with Gasteiger partial charge in [0.15, 0.2) is 5.41 Å². The van der Waals surface area contributed by atoms with Gasteiger partial charge in [0.1, 0.15) is 23.1 Å². The van der Waals surface area contributed by atoms with Gasteiger partial charge in [-0.25, -0.2) is 0 Å². The monoisotopic (exact) mass is 444 g/mol. The van der Waals surface area contributed by atoms with Crippen LogP contribution in [0.15, 0.2) is 40.0 Å². The van der Waals surface area contributed by atoms with Gasteiger partial charge in [-0.2, -0.15) is 26.3 Å². The van der Waals surface area contributed by atoms with E-state index >= 15 is 0 Å². The Morgan fingerprint density at radius 1 is 0.966 bits per heavy atom. The molecule has 0 aliphatic heterocycles. The Kier molecular flexibility index (Phi) is 5.62. The topological polar surface area (TPSA) is 131 Å². The summed E-state index contributed by atoms with van der Waals surface area (Å²) in [6.45, 7) is 0. The van der Waals surface area contributed by atoms with E-state index in [0.717, 1.165) is 36.6 Å².